The molecule has 2 N–H and O–H groups in total. The molecule has 1 aliphatic carbocycles. The quantitative estimate of drug-likeness (QED) is 0.746. The fourth-order valence-electron chi connectivity index (χ4n) is 3.00. The molecular formula is C13H24O4. The van der Waals surface area contributed by atoms with Gasteiger partial charge in [0.15, 0.2) is 0 Å². The van der Waals surface area contributed by atoms with Gasteiger partial charge in [-0.15, -0.1) is 0 Å². The van der Waals surface area contributed by atoms with E-state index in [1.54, 1.807) is 0 Å². The van der Waals surface area contributed by atoms with Crippen molar-refractivity contribution in [3.63, 3.8) is 0 Å². The number of rotatable bonds is 4. The van der Waals surface area contributed by atoms with Gasteiger partial charge in [0.1, 0.15) is 6.61 Å². The molecule has 0 aliphatic heterocycles. The minimum Gasteiger partial charge on any atom is -0.450 e. The highest BCUT2D eigenvalue weighted by atomic mass is 16.7. The van der Waals surface area contributed by atoms with Gasteiger partial charge in [-0.25, -0.2) is 4.79 Å². The Balaban J connectivity index is 2.58. The first-order chi connectivity index (χ1) is 7.91. The summed E-state index contributed by atoms with van der Waals surface area (Å²) in [4.78, 5) is 10.3. The van der Waals surface area contributed by atoms with Crippen molar-refractivity contribution in [2.24, 2.45) is 23.7 Å². The summed E-state index contributed by atoms with van der Waals surface area (Å²) in [5, 5.41) is 18.5. The number of hydrogen-bond donors (Lipinski definition) is 2. The van der Waals surface area contributed by atoms with Gasteiger partial charge in [-0.05, 0) is 36.5 Å². The zero-order chi connectivity index (χ0) is 13.0. The van der Waals surface area contributed by atoms with Crippen LogP contribution in [0.1, 0.15) is 40.0 Å². The highest BCUT2D eigenvalue weighted by Crippen LogP contribution is 2.39. The van der Waals surface area contributed by atoms with Crippen molar-refractivity contribution in [1.29, 1.82) is 0 Å². The summed E-state index contributed by atoms with van der Waals surface area (Å²) in [6, 6.07) is 0. The number of hydrogen-bond acceptors (Lipinski definition) is 3. The average molecular weight is 244 g/mol. The van der Waals surface area contributed by atoms with E-state index in [2.05, 4.69) is 25.5 Å². The van der Waals surface area contributed by atoms with Gasteiger partial charge in [0.05, 0.1) is 6.10 Å². The minimum atomic E-state index is -1.31. The summed E-state index contributed by atoms with van der Waals surface area (Å²) in [5.41, 5.74) is 0. The van der Waals surface area contributed by atoms with Crippen molar-refractivity contribution in [1.82, 2.24) is 0 Å². The maximum atomic E-state index is 10.3. The van der Waals surface area contributed by atoms with Crippen LogP contribution < -0.4 is 0 Å². The highest BCUT2D eigenvalue weighted by Gasteiger charge is 2.35. The number of ether oxygens (including phenoxy) is 1. The molecule has 4 heteroatoms. The molecule has 4 unspecified atom stereocenters. The Morgan fingerprint density at radius 3 is 2.53 bits per heavy atom. The van der Waals surface area contributed by atoms with Crippen LogP contribution in [0.5, 0.6) is 0 Å². The van der Waals surface area contributed by atoms with Gasteiger partial charge in [0.25, 0.3) is 0 Å². The van der Waals surface area contributed by atoms with E-state index in [0.29, 0.717) is 17.8 Å². The molecule has 0 aromatic heterocycles. The van der Waals surface area contributed by atoms with Crippen LogP contribution in [0.25, 0.3) is 0 Å². The maximum absolute atomic E-state index is 10.3. The molecule has 1 rings (SSSR count). The van der Waals surface area contributed by atoms with Crippen molar-refractivity contribution in [3.05, 3.63) is 0 Å². The summed E-state index contributed by atoms with van der Waals surface area (Å²) in [5.74, 6) is 1.76. The predicted octanol–water partition coefficient (Wildman–Crippen LogP) is 2.75. The van der Waals surface area contributed by atoms with Gasteiger partial charge in [0.2, 0.25) is 0 Å². The van der Waals surface area contributed by atoms with Gasteiger partial charge < -0.3 is 14.9 Å². The summed E-state index contributed by atoms with van der Waals surface area (Å²) in [7, 11) is 0. The molecule has 1 aliphatic rings. The van der Waals surface area contributed by atoms with Gasteiger partial charge in [0, 0.05) is 0 Å². The third kappa shape index (κ3) is 4.19. The first-order valence-electron chi connectivity index (χ1n) is 6.45. The SMILES string of the molecule is CC1CCC(C(C)C)C(C(O)COC(=O)O)C1. The van der Waals surface area contributed by atoms with Crippen LogP contribution in [0.2, 0.25) is 0 Å². The van der Waals surface area contributed by atoms with Crippen LogP contribution in [0.3, 0.4) is 0 Å². The molecular weight excluding hydrogens is 220 g/mol. The highest BCUT2D eigenvalue weighted by molar-refractivity contribution is 5.56. The van der Waals surface area contributed by atoms with Crippen molar-refractivity contribution < 1.29 is 19.7 Å². The Kier molecular flexibility index (Phi) is 5.25. The molecule has 4 atom stereocenters. The third-order valence-corrected chi connectivity index (χ3v) is 3.95. The molecule has 0 amide bonds. The van der Waals surface area contributed by atoms with Crippen molar-refractivity contribution in [2.45, 2.75) is 46.1 Å². The topological polar surface area (TPSA) is 66.8 Å². The minimum absolute atomic E-state index is 0.101. The second-order valence-electron chi connectivity index (χ2n) is 5.63. The lowest BCUT2D eigenvalue weighted by Crippen LogP contribution is -2.38. The van der Waals surface area contributed by atoms with Crippen molar-refractivity contribution >= 4 is 6.16 Å². The average Bonchev–Trinajstić information content (AvgIpc) is 2.25. The lowest BCUT2D eigenvalue weighted by atomic mass is 9.68. The molecule has 0 saturated heterocycles. The largest absolute Gasteiger partial charge is 0.505 e. The molecule has 0 bridgehead atoms. The Labute approximate surface area is 103 Å². The molecule has 4 nitrogen and oxygen atoms in total. The van der Waals surface area contributed by atoms with E-state index in [1.165, 1.54) is 6.42 Å². The van der Waals surface area contributed by atoms with Gasteiger partial charge in [-0.1, -0.05) is 27.2 Å². The van der Waals surface area contributed by atoms with Crippen LogP contribution in [0.15, 0.2) is 0 Å². The molecule has 0 radical (unpaired) electrons. The number of carboxylic acid groups (broad SMARTS) is 1. The Morgan fingerprint density at radius 1 is 1.35 bits per heavy atom. The zero-order valence-electron chi connectivity index (χ0n) is 10.9. The van der Waals surface area contributed by atoms with Gasteiger partial charge in [-0.3, -0.25) is 0 Å². The van der Waals surface area contributed by atoms with E-state index >= 15 is 0 Å². The molecule has 100 valence electrons. The summed E-state index contributed by atoms with van der Waals surface area (Å²) < 4.78 is 4.49. The molecule has 0 spiro atoms. The third-order valence-electron chi connectivity index (χ3n) is 3.95. The Morgan fingerprint density at radius 2 is 2.00 bits per heavy atom. The predicted molar refractivity (Wildman–Crippen MR) is 64.8 cm³/mol. The molecule has 0 heterocycles. The van der Waals surface area contributed by atoms with Gasteiger partial charge >= 0.3 is 6.16 Å². The van der Waals surface area contributed by atoms with Crippen LogP contribution >= 0.6 is 0 Å². The van der Waals surface area contributed by atoms with Crippen molar-refractivity contribution in [3.8, 4) is 0 Å². The fraction of sp³-hybridized carbons (Fsp3) is 0.923. The second-order valence-corrected chi connectivity index (χ2v) is 5.63. The molecule has 17 heavy (non-hydrogen) atoms. The number of aliphatic hydroxyl groups excluding tert-OH is 1. The number of carbonyl (C=O) groups is 1. The molecule has 1 saturated carbocycles. The van der Waals surface area contributed by atoms with Crippen molar-refractivity contribution in [2.75, 3.05) is 6.61 Å². The molecule has 0 aromatic carbocycles. The van der Waals surface area contributed by atoms with Crippen LogP contribution in [-0.2, 0) is 4.74 Å². The normalized spacial score (nSPS) is 31.2. The number of aliphatic hydroxyl groups is 1. The first kappa shape index (κ1) is 14.3. The van der Waals surface area contributed by atoms with E-state index in [9.17, 15) is 9.90 Å². The van der Waals surface area contributed by atoms with Crippen LogP contribution in [0.4, 0.5) is 4.79 Å². The lowest BCUT2D eigenvalue weighted by Gasteiger charge is -2.39. The van der Waals surface area contributed by atoms with E-state index in [0.717, 1.165) is 12.8 Å². The first-order valence-corrected chi connectivity index (χ1v) is 6.45. The fourth-order valence-corrected chi connectivity index (χ4v) is 3.00. The maximum Gasteiger partial charge on any atom is 0.505 e. The second kappa shape index (κ2) is 6.24. The molecule has 0 aromatic rings. The molecule has 1 fully saturated rings. The van der Waals surface area contributed by atoms with Gasteiger partial charge in [-0.2, -0.15) is 0 Å². The smallest absolute Gasteiger partial charge is 0.450 e. The van der Waals surface area contributed by atoms with Crippen LogP contribution in [-0.4, -0.2) is 29.1 Å². The Hall–Kier alpha value is -0.770. The van der Waals surface area contributed by atoms with E-state index < -0.39 is 12.3 Å². The standard InChI is InChI=1S/C13H24O4/c1-8(2)10-5-4-9(3)6-11(10)12(14)7-17-13(15)16/h8-12,14H,4-7H2,1-3H3,(H,15,16). The summed E-state index contributed by atoms with van der Waals surface area (Å²) in [6.45, 7) is 6.42. The summed E-state index contributed by atoms with van der Waals surface area (Å²) >= 11 is 0. The van der Waals surface area contributed by atoms with E-state index in [4.69, 9.17) is 5.11 Å². The van der Waals surface area contributed by atoms with E-state index in [1.807, 2.05) is 0 Å². The van der Waals surface area contributed by atoms with Crippen LogP contribution in [0, 0.1) is 23.7 Å². The lowest BCUT2D eigenvalue weighted by molar-refractivity contribution is -0.0294. The summed E-state index contributed by atoms with van der Waals surface area (Å²) in [6.07, 6.45) is 1.31. The van der Waals surface area contributed by atoms with E-state index in [-0.39, 0.29) is 12.5 Å². The monoisotopic (exact) mass is 244 g/mol. The Bertz CT molecular complexity index is 252. The zero-order valence-corrected chi connectivity index (χ0v) is 10.9.